The van der Waals surface area contributed by atoms with Crippen molar-refractivity contribution in [2.24, 2.45) is 0 Å². The van der Waals surface area contributed by atoms with Gasteiger partial charge in [0.1, 0.15) is 12.4 Å². The van der Waals surface area contributed by atoms with Gasteiger partial charge in [-0.2, -0.15) is 0 Å². The van der Waals surface area contributed by atoms with Crippen molar-refractivity contribution in [3.63, 3.8) is 0 Å². The Morgan fingerprint density at radius 1 is 1.17 bits per heavy atom. The Bertz CT molecular complexity index is 695. The Morgan fingerprint density at radius 2 is 1.96 bits per heavy atom. The summed E-state index contributed by atoms with van der Waals surface area (Å²) in [7, 11) is 1.41. The average molecular weight is 424 g/mol. The fourth-order valence-electron chi connectivity index (χ4n) is 2.43. The number of carbonyl (C=O) groups excluding carboxylic acids is 1. The number of halogens is 1. The Morgan fingerprint density at radius 3 is 2.65 bits per heavy atom. The Kier molecular flexibility index (Phi) is 6.45. The summed E-state index contributed by atoms with van der Waals surface area (Å²) in [5.41, 5.74) is 4.43. The van der Waals surface area contributed by atoms with E-state index in [1.165, 1.54) is 18.2 Å². The third-order valence-corrected chi connectivity index (χ3v) is 4.76. The summed E-state index contributed by atoms with van der Waals surface area (Å²) < 4.78 is 11.9. The Labute approximate surface area is 151 Å². The van der Waals surface area contributed by atoms with Crippen LogP contribution in [-0.4, -0.2) is 13.1 Å². The van der Waals surface area contributed by atoms with Crippen molar-refractivity contribution < 1.29 is 14.3 Å². The van der Waals surface area contributed by atoms with Crippen LogP contribution < -0.4 is 4.74 Å². The minimum Gasteiger partial charge on any atom is -0.489 e. The molecule has 0 amide bonds. The molecule has 4 heteroatoms. The fourth-order valence-corrected chi connectivity index (χ4v) is 3.14. The lowest BCUT2D eigenvalue weighted by molar-refractivity contribution is -0.139. The van der Waals surface area contributed by atoms with Gasteiger partial charge in [-0.3, -0.25) is 4.79 Å². The van der Waals surface area contributed by atoms with E-state index in [1.54, 1.807) is 0 Å². The van der Waals surface area contributed by atoms with Crippen molar-refractivity contribution in [1.29, 1.82) is 0 Å². The molecule has 0 atom stereocenters. The first kappa shape index (κ1) is 17.8. The second-order valence-corrected chi connectivity index (χ2v) is 6.55. The van der Waals surface area contributed by atoms with Gasteiger partial charge in [0.05, 0.1) is 13.5 Å². The second-order valence-electron chi connectivity index (χ2n) is 5.38. The number of benzene rings is 2. The van der Waals surface area contributed by atoms with Crippen LogP contribution >= 0.6 is 22.6 Å². The van der Waals surface area contributed by atoms with Crippen molar-refractivity contribution in [3.05, 3.63) is 62.2 Å². The van der Waals surface area contributed by atoms with Gasteiger partial charge in [-0.15, -0.1) is 0 Å². The maximum Gasteiger partial charge on any atom is 0.309 e. The minimum atomic E-state index is -0.238. The van der Waals surface area contributed by atoms with Crippen LogP contribution in [0.15, 0.2) is 36.4 Å². The van der Waals surface area contributed by atoms with Gasteiger partial charge >= 0.3 is 5.97 Å². The molecule has 0 unspecified atom stereocenters. The van der Waals surface area contributed by atoms with Gasteiger partial charge in [0.15, 0.2) is 0 Å². The molecule has 23 heavy (non-hydrogen) atoms. The van der Waals surface area contributed by atoms with Crippen LogP contribution in [0.2, 0.25) is 0 Å². The first-order valence-corrected chi connectivity index (χ1v) is 8.68. The van der Waals surface area contributed by atoms with E-state index < -0.39 is 0 Å². The number of esters is 1. The monoisotopic (exact) mass is 424 g/mol. The minimum absolute atomic E-state index is 0.238. The predicted molar refractivity (Wildman–Crippen MR) is 99.8 cm³/mol. The number of aryl methyl sites for hydroxylation is 2. The molecule has 122 valence electrons. The summed E-state index contributed by atoms with van der Waals surface area (Å²) >= 11 is 2.28. The molecule has 0 aliphatic heterocycles. The summed E-state index contributed by atoms with van der Waals surface area (Å²) in [6, 6.07) is 12.2. The van der Waals surface area contributed by atoms with E-state index in [0.717, 1.165) is 26.9 Å². The lowest BCUT2D eigenvalue weighted by Gasteiger charge is -2.15. The number of methoxy groups -OCH3 is 1. The van der Waals surface area contributed by atoms with Crippen molar-refractivity contribution in [3.8, 4) is 5.75 Å². The van der Waals surface area contributed by atoms with E-state index in [-0.39, 0.29) is 12.4 Å². The van der Waals surface area contributed by atoms with Gasteiger partial charge in [-0.1, -0.05) is 36.8 Å². The first-order chi connectivity index (χ1) is 11.0. The highest BCUT2D eigenvalue weighted by Crippen LogP contribution is 2.24. The Balaban J connectivity index is 2.22. The molecule has 2 rings (SSSR count). The van der Waals surface area contributed by atoms with Crippen LogP contribution in [-0.2, 0) is 29.0 Å². The zero-order chi connectivity index (χ0) is 16.8. The summed E-state index contributed by atoms with van der Waals surface area (Å²) in [5.74, 6) is 0.666. The molecule has 0 radical (unpaired) electrons. The van der Waals surface area contributed by atoms with E-state index in [1.807, 2.05) is 24.3 Å². The molecule has 0 saturated heterocycles. The van der Waals surface area contributed by atoms with Gasteiger partial charge in [-0.25, -0.2) is 0 Å². The molecular weight excluding hydrogens is 403 g/mol. The van der Waals surface area contributed by atoms with Crippen molar-refractivity contribution >= 4 is 28.6 Å². The lowest BCUT2D eigenvalue weighted by atomic mass is 10.0. The average Bonchev–Trinajstić information content (AvgIpc) is 2.55. The smallest absolute Gasteiger partial charge is 0.309 e. The topological polar surface area (TPSA) is 35.5 Å². The zero-order valence-corrected chi connectivity index (χ0v) is 15.8. The highest BCUT2D eigenvalue weighted by molar-refractivity contribution is 14.1. The number of hydrogen-bond acceptors (Lipinski definition) is 3. The number of ether oxygens (including phenoxy) is 2. The van der Waals surface area contributed by atoms with Gasteiger partial charge in [0.2, 0.25) is 0 Å². The van der Waals surface area contributed by atoms with Crippen LogP contribution in [0, 0.1) is 10.5 Å². The highest BCUT2D eigenvalue weighted by atomic mass is 127. The molecule has 0 aliphatic carbocycles. The molecule has 0 bridgehead atoms. The Hall–Kier alpha value is -1.56. The van der Waals surface area contributed by atoms with Crippen LogP contribution in [0.5, 0.6) is 5.75 Å². The molecule has 0 spiro atoms. The number of carbonyl (C=O) groups is 1. The largest absolute Gasteiger partial charge is 0.489 e. The summed E-state index contributed by atoms with van der Waals surface area (Å²) in [6.45, 7) is 4.65. The fraction of sp³-hybridized carbons (Fsp3) is 0.316. The van der Waals surface area contributed by atoms with E-state index in [0.29, 0.717) is 6.61 Å². The third kappa shape index (κ3) is 4.70. The SMILES string of the molecule is CCc1cc(C)ccc1OCc1c(I)cccc1CC(=O)OC. The molecule has 0 N–H and O–H groups in total. The summed E-state index contributed by atoms with van der Waals surface area (Å²) in [4.78, 5) is 11.6. The molecule has 2 aromatic rings. The molecular formula is C19H21IO3. The molecule has 3 nitrogen and oxygen atoms in total. The van der Waals surface area contributed by atoms with Gasteiger partial charge in [-0.05, 0) is 59.2 Å². The van der Waals surface area contributed by atoms with Gasteiger partial charge < -0.3 is 9.47 Å². The number of rotatable bonds is 6. The molecule has 2 aromatic carbocycles. The van der Waals surface area contributed by atoms with Crippen molar-refractivity contribution in [1.82, 2.24) is 0 Å². The molecule has 0 saturated carbocycles. The van der Waals surface area contributed by atoms with Gasteiger partial charge in [0.25, 0.3) is 0 Å². The lowest BCUT2D eigenvalue weighted by Crippen LogP contribution is -2.10. The normalized spacial score (nSPS) is 10.4. The quantitative estimate of drug-likeness (QED) is 0.508. The van der Waals surface area contributed by atoms with Crippen LogP contribution in [0.4, 0.5) is 0 Å². The summed E-state index contributed by atoms with van der Waals surface area (Å²) in [5, 5.41) is 0. The molecule has 0 heterocycles. The molecule has 0 fully saturated rings. The molecule has 0 aliphatic rings. The van der Waals surface area contributed by atoms with E-state index in [2.05, 4.69) is 48.6 Å². The maximum atomic E-state index is 11.6. The highest BCUT2D eigenvalue weighted by Gasteiger charge is 2.12. The van der Waals surface area contributed by atoms with Crippen LogP contribution in [0.25, 0.3) is 0 Å². The van der Waals surface area contributed by atoms with Gasteiger partial charge in [0, 0.05) is 9.13 Å². The summed E-state index contributed by atoms with van der Waals surface area (Å²) in [6.07, 6.45) is 1.19. The molecule has 0 aromatic heterocycles. The van der Waals surface area contributed by atoms with Crippen molar-refractivity contribution in [2.45, 2.75) is 33.3 Å². The maximum absolute atomic E-state index is 11.6. The standard InChI is InChI=1S/C19H21IO3/c1-4-14-10-13(2)8-9-18(14)23-12-16-15(11-19(21)22-3)6-5-7-17(16)20/h5-10H,4,11-12H2,1-3H3. The zero-order valence-electron chi connectivity index (χ0n) is 13.7. The van der Waals surface area contributed by atoms with E-state index in [9.17, 15) is 4.79 Å². The van der Waals surface area contributed by atoms with E-state index in [4.69, 9.17) is 9.47 Å². The predicted octanol–water partition coefficient (Wildman–Crippen LogP) is 4.46. The number of hydrogen-bond donors (Lipinski definition) is 0. The van der Waals surface area contributed by atoms with Crippen LogP contribution in [0.3, 0.4) is 0 Å². The first-order valence-electron chi connectivity index (χ1n) is 7.60. The third-order valence-electron chi connectivity index (χ3n) is 3.75. The van der Waals surface area contributed by atoms with Crippen LogP contribution in [0.1, 0.15) is 29.2 Å². The van der Waals surface area contributed by atoms with E-state index >= 15 is 0 Å². The second kappa shape index (κ2) is 8.34. The van der Waals surface area contributed by atoms with Crippen molar-refractivity contribution in [2.75, 3.05) is 7.11 Å².